The van der Waals surface area contributed by atoms with Gasteiger partial charge in [-0.2, -0.15) is 0 Å². The molecule has 6 nitrogen and oxygen atoms in total. The lowest BCUT2D eigenvalue weighted by atomic mass is 9.97. The Hall–Kier alpha value is -2.77. The lowest BCUT2D eigenvalue weighted by Gasteiger charge is -2.37. The zero-order chi connectivity index (χ0) is 21.5. The van der Waals surface area contributed by atoms with E-state index in [4.69, 9.17) is 4.74 Å². The van der Waals surface area contributed by atoms with Crippen LogP contribution in [-0.2, 0) is 4.79 Å². The molecule has 1 amide bonds. The second kappa shape index (κ2) is 10.3. The van der Waals surface area contributed by atoms with E-state index in [1.807, 2.05) is 9.80 Å². The molecule has 30 heavy (non-hydrogen) atoms. The summed E-state index contributed by atoms with van der Waals surface area (Å²) in [6.45, 7) is 6.78. The van der Waals surface area contributed by atoms with Crippen LogP contribution in [0.2, 0.25) is 0 Å². The van der Waals surface area contributed by atoms with E-state index in [0.29, 0.717) is 32.0 Å². The minimum atomic E-state index is -0.796. The van der Waals surface area contributed by atoms with Crippen molar-refractivity contribution >= 4 is 11.7 Å². The second-order valence-corrected chi connectivity index (χ2v) is 7.45. The van der Waals surface area contributed by atoms with E-state index in [1.54, 1.807) is 6.07 Å². The fourth-order valence-electron chi connectivity index (χ4n) is 3.60. The van der Waals surface area contributed by atoms with Crippen molar-refractivity contribution in [3.63, 3.8) is 0 Å². The van der Waals surface area contributed by atoms with Crippen LogP contribution in [0.15, 0.2) is 30.6 Å². The van der Waals surface area contributed by atoms with Gasteiger partial charge in [0.2, 0.25) is 11.8 Å². The predicted molar refractivity (Wildman–Crippen MR) is 111 cm³/mol. The van der Waals surface area contributed by atoms with Crippen molar-refractivity contribution in [2.75, 3.05) is 31.1 Å². The number of rotatable bonds is 8. The van der Waals surface area contributed by atoms with Gasteiger partial charge in [-0.05, 0) is 25.0 Å². The van der Waals surface area contributed by atoms with E-state index >= 15 is 0 Å². The SMILES string of the molecule is CCCC[C@H](CC)C(=O)N1CCN(c2cc(Oc3ccc(F)cc3F)ncn2)CC1. The standard InChI is InChI=1S/C22H28F2N4O2/c1-3-5-6-16(4-2)22(29)28-11-9-27(10-12-28)20-14-21(26-15-25-20)30-19-8-7-17(23)13-18(19)24/h7-8,13-16H,3-6,9-12H2,1-2H3/t16-/m0/s1. The number of anilines is 1. The highest BCUT2D eigenvalue weighted by Gasteiger charge is 2.26. The number of carbonyl (C=O) groups is 1. The van der Waals surface area contributed by atoms with Crippen LogP contribution in [0.25, 0.3) is 0 Å². The number of hydrogen-bond donors (Lipinski definition) is 0. The molecule has 1 aromatic carbocycles. The molecule has 0 saturated carbocycles. The van der Waals surface area contributed by atoms with Gasteiger partial charge in [0.1, 0.15) is 18.0 Å². The predicted octanol–water partition coefficient (Wildman–Crippen LogP) is 4.41. The molecule has 1 aromatic heterocycles. The van der Waals surface area contributed by atoms with Gasteiger partial charge in [0.05, 0.1) is 0 Å². The molecule has 2 heterocycles. The molecule has 0 bridgehead atoms. The summed E-state index contributed by atoms with van der Waals surface area (Å²) in [7, 11) is 0. The summed E-state index contributed by atoms with van der Waals surface area (Å²) in [5.41, 5.74) is 0. The molecule has 0 radical (unpaired) electrons. The van der Waals surface area contributed by atoms with Crippen LogP contribution >= 0.6 is 0 Å². The molecule has 1 saturated heterocycles. The molecule has 0 spiro atoms. The molecule has 3 rings (SSSR count). The van der Waals surface area contributed by atoms with E-state index in [9.17, 15) is 13.6 Å². The largest absolute Gasteiger partial charge is 0.436 e. The lowest BCUT2D eigenvalue weighted by molar-refractivity contribution is -0.136. The number of benzene rings is 1. The number of hydrogen-bond acceptors (Lipinski definition) is 5. The average Bonchev–Trinajstić information content (AvgIpc) is 2.76. The maximum absolute atomic E-state index is 13.8. The maximum atomic E-state index is 13.8. The molecule has 8 heteroatoms. The lowest BCUT2D eigenvalue weighted by Crippen LogP contribution is -2.50. The topological polar surface area (TPSA) is 58.6 Å². The number of aromatic nitrogens is 2. The van der Waals surface area contributed by atoms with Gasteiger partial charge in [0.25, 0.3) is 0 Å². The number of amides is 1. The molecule has 0 N–H and O–H groups in total. The third-order valence-electron chi connectivity index (χ3n) is 5.40. The quantitative estimate of drug-likeness (QED) is 0.636. The van der Waals surface area contributed by atoms with Crippen molar-refractivity contribution in [1.29, 1.82) is 0 Å². The van der Waals surface area contributed by atoms with Crippen LogP contribution in [0.5, 0.6) is 11.6 Å². The zero-order valence-electron chi connectivity index (χ0n) is 17.5. The van der Waals surface area contributed by atoms with E-state index in [2.05, 4.69) is 23.8 Å². The minimum absolute atomic E-state index is 0.0983. The Morgan fingerprint density at radius 2 is 1.90 bits per heavy atom. The van der Waals surface area contributed by atoms with Crippen LogP contribution in [0, 0.1) is 17.6 Å². The molecule has 1 atom stereocenters. The summed E-state index contributed by atoms with van der Waals surface area (Å²) in [5, 5.41) is 0. The molecule has 1 aliphatic rings. The van der Waals surface area contributed by atoms with Gasteiger partial charge >= 0.3 is 0 Å². The zero-order valence-corrected chi connectivity index (χ0v) is 17.5. The molecular formula is C22H28F2N4O2. The molecular weight excluding hydrogens is 390 g/mol. The van der Waals surface area contributed by atoms with E-state index in [-0.39, 0.29) is 23.5 Å². The van der Waals surface area contributed by atoms with Crippen LogP contribution in [0.1, 0.15) is 39.5 Å². The Labute approximate surface area is 175 Å². The number of unbranched alkanes of at least 4 members (excludes halogenated alkanes) is 1. The van der Waals surface area contributed by atoms with Crippen LogP contribution in [0.4, 0.5) is 14.6 Å². The third kappa shape index (κ3) is 5.43. The average molecular weight is 418 g/mol. The summed E-state index contributed by atoms with van der Waals surface area (Å²) in [6, 6.07) is 4.73. The van der Waals surface area contributed by atoms with E-state index in [1.165, 1.54) is 12.4 Å². The second-order valence-electron chi connectivity index (χ2n) is 7.45. The van der Waals surface area contributed by atoms with Crippen molar-refractivity contribution < 1.29 is 18.3 Å². The fourth-order valence-corrected chi connectivity index (χ4v) is 3.60. The number of ether oxygens (including phenoxy) is 1. The summed E-state index contributed by atoms with van der Waals surface area (Å²) in [6.07, 6.45) is 5.33. The van der Waals surface area contributed by atoms with Gasteiger partial charge in [-0.1, -0.05) is 26.7 Å². The molecule has 0 unspecified atom stereocenters. The number of nitrogens with zero attached hydrogens (tertiary/aromatic N) is 4. The normalized spacial score (nSPS) is 15.2. The van der Waals surface area contributed by atoms with Gasteiger partial charge in [0, 0.05) is 44.2 Å². The first-order valence-electron chi connectivity index (χ1n) is 10.5. The summed E-state index contributed by atoms with van der Waals surface area (Å²) < 4.78 is 32.3. The Balaban J connectivity index is 1.60. The Morgan fingerprint density at radius 3 is 2.57 bits per heavy atom. The molecule has 0 aliphatic carbocycles. The molecule has 1 aliphatic heterocycles. The molecule has 2 aromatic rings. The summed E-state index contributed by atoms with van der Waals surface area (Å²) in [5.74, 6) is -0.409. The number of carbonyl (C=O) groups excluding carboxylic acids is 1. The van der Waals surface area contributed by atoms with E-state index < -0.39 is 11.6 Å². The summed E-state index contributed by atoms with van der Waals surface area (Å²) >= 11 is 0. The first-order valence-corrected chi connectivity index (χ1v) is 10.5. The van der Waals surface area contributed by atoms with Crippen molar-refractivity contribution in [3.8, 4) is 11.6 Å². The van der Waals surface area contributed by atoms with Gasteiger partial charge < -0.3 is 14.5 Å². The summed E-state index contributed by atoms with van der Waals surface area (Å²) in [4.78, 5) is 25.1. The first-order chi connectivity index (χ1) is 14.5. The highest BCUT2D eigenvalue weighted by molar-refractivity contribution is 5.79. The smallest absolute Gasteiger partial charge is 0.225 e. The van der Waals surface area contributed by atoms with Gasteiger partial charge in [-0.3, -0.25) is 4.79 Å². The van der Waals surface area contributed by atoms with Crippen LogP contribution in [0.3, 0.4) is 0 Å². The fraction of sp³-hybridized carbons (Fsp3) is 0.500. The monoisotopic (exact) mass is 418 g/mol. The minimum Gasteiger partial charge on any atom is -0.436 e. The first kappa shape index (κ1) is 21.9. The van der Waals surface area contributed by atoms with Crippen molar-refractivity contribution in [2.45, 2.75) is 39.5 Å². The van der Waals surface area contributed by atoms with E-state index in [0.717, 1.165) is 37.8 Å². The van der Waals surface area contributed by atoms with Crippen LogP contribution in [-0.4, -0.2) is 47.0 Å². The maximum Gasteiger partial charge on any atom is 0.225 e. The molecule has 162 valence electrons. The highest BCUT2D eigenvalue weighted by Crippen LogP contribution is 2.26. The van der Waals surface area contributed by atoms with Crippen molar-refractivity contribution in [2.24, 2.45) is 5.92 Å². The number of halogens is 2. The van der Waals surface area contributed by atoms with Crippen LogP contribution < -0.4 is 9.64 Å². The van der Waals surface area contributed by atoms with Crippen molar-refractivity contribution in [1.82, 2.24) is 14.9 Å². The van der Waals surface area contributed by atoms with Crippen molar-refractivity contribution in [3.05, 3.63) is 42.2 Å². The van der Waals surface area contributed by atoms with Gasteiger partial charge in [-0.15, -0.1) is 0 Å². The Kier molecular flexibility index (Phi) is 7.54. The number of piperazine rings is 1. The Bertz CT molecular complexity index is 857. The highest BCUT2D eigenvalue weighted by atomic mass is 19.1. The molecule has 1 fully saturated rings. The Morgan fingerprint density at radius 1 is 1.13 bits per heavy atom. The third-order valence-corrected chi connectivity index (χ3v) is 5.40. The van der Waals surface area contributed by atoms with Gasteiger partial charge in [-0.25, -0.2) is 18.7 Å². The van der Waals surface area contributed by atoms with Gasteiger partial charge in [0.15, 0.2) is 11.6 Å².